The number of benzene rings is 5. The number of carbonyl (C=O) groups is 1. The van der Waals surface area contributed by atoms with Gasteiger partial charge in [0, 0.05) is 24.8 Å². The predicted octanol–water partition coefficient (Wildman–Crippen LogP) is 4.84. The van der Waals surface area contributed by atoms with Gasteiger partial charge >= 0.3 is 0 Å². The minimum Gasteiger partial charge on any atom is -0.861 e. The summed E-state index contributed by atoms with van der Waals surface area (Å²) in [6, 6.07) is 43.6. The fraction of sp³-hybridized carbons (Fsp3) is 0.118. The number of aldehydes is 1. The van der Waals surface area contributed by atoms with Gasteiger partial charge in [-0.25, -0.2) is 0 Å². The van der Waals surface area contributed by atoms with Crippen molar-refractivity contribution in [2.75, 3.05) is 31.2 Å². The Morgan fingerprint density at radius 2 is 1.26 bits per heavy atom. The second-order valence-corrected chi connectivity index (χ2v) is 13.2. The van der Waals surface area contributed by atoms with Crippen LogP contribution in [0.15, 0.2) is 132 Å². The average Bonchev–Trinajstić information content (AvgIpc) is 3.00. The first-order chi connectivity index (χ1) is 19.1. The van der Waals surface area contributed by atoms with E-state index in [1.165, 1.54) is 15.9 Å². The summed E-state index contributed by atoms with van der Waals surface area (Å²) in [6.07, 6.45) is 1.62. The fourth-order valence-corrected chi connectivity index (χ4v) is 9.23. The first-order valence-corrected chi connectivity index (χ1v) is 15.0. The molecule has 0 saturated heterocycles. The molecule has 0 atom stereocenters. The molecule has 0 aliphatic rings. The van der Waals surface area contributed by atoms with E-state index in [0.29, 0.717) is 12.1 Å². The molecule has 0 aromatic heterocycles. The smallest absolute Gasteiger partial charge is 0.150 e. The Bertz CT molecular complexity index is 1470. The molecule has 0 N–H and O–H groups in total. The maximum atomic E-state index is 13.0. The van der Waals surface area contributed by atoms with E-state index in [1.54, 1.807) is 6.07 Å². The normalized spacial score (nSPS) is 11.9. The van der Waals surface area contributed by atoms with Crippen LogP contribution in [0.4, 0.5) is 5.69 Å². The molecule has 4 nitrogen and oxygen atoms in total. The lowest BCUT2D eigenvalue weighted by molar-refractivity contribution is -0.217. The molecule has 0 heterocycles. The molecular formula is C34H31N2O2P. The summed E-state index contributed by atoms with van der Waals surface area (Å²) in [4.78, 5) is 17.6. The second kappa shape index (κ2) is 12.1. The molecular weight excluding hydrogens is 499 g/mol. The molecule has 5 heteroatoms. The summed E-state index contributed by atoms with van der Waals surface area (Å²) in [7, 11) is -0.114. The molecule has 5 rings (SSSR count). The molecule has 0 aliphatic heterocycles. The summed E-state index contributed by atoms with van der Waals surface area (Å²) < 4.78 is 0. The van der Waals surface area contributed by atoms with E-state index in [9.17, 15) is 9.90 Å². The van der Waals surface area contributed by atoms with Crippen LogP contribution in [-0.4, -0.2) is 38.5 Å². The number of likely N-dealkylation sites (N-methyl/N-ethyl adjacent to an activating group) is 1. The lowest BCUT2D eigenvalue weighted by atomic mass is 10.1. The van der Waals surface area contributed by atoms with Crippen LogP contribution >= 0.6 is 7.26 Å². The zero-order chi connectivity index (χ0) is 27.1. The third-order valence-electron chi connectivity index (χ3n) is 7.11. The number of carbonyl (C=O) groups excluding carboxylic acids is 1. The number of hydrogen-bond acceptors (Lipinski definition) is 4. The van der Waals surface area contributed by atoms with Crippen LogP contribution in [0.25, 0.3) is 10.8 Å². The van der Waals surface area contributed by atoms with Crippen LogP contribution in [-0.2, 0) is 0 Å². The topological polar surface area (TPSA) is 55.7 Å². The van der Waals surface area contributed by atoms with Crippen LogP contribution in [0, 0.1) is 0 Å². The van der Waals surface area contributed by atoms with Gasteiger partial charge in [0.15, 0.2) is 0 Å². The zero-order valence-corrected chi connectivity index (χ0v) is 22.9. The van der Waals surface area contributed by atoms with Gasteiger partial charge in [0.05, 0.1) is 12.7 Å². The monoisotopic (exact) mass is 530 g/mol. The largest absolute Gasteiger partial charge is 0.861 e. The van der Waals surface area contributed by atoms with Gasteiger partial charge in [-0.2, -0.15) is 0 Å². The van der Waals surface area contributed by atoms with E-state index in [4.69, 9.17) is 0 Å². The zero-order valence-electron chi connectivity index (χ0n) is 22.0. The molecule has 5 aromatic rings. The summed E-state index contributed by atoms with van der Waals surface area (Å²) in [6.45, 7) is 0.650. The third-order valence-corrected chi connectivity index (χ3v) is 11.5. The van der Waals surface area contributed by atoms with Gasteiger partial charge in [0.25, 0.3) is 0 Å². The molecule has 0 unspecified atom stereocenters. The minimum atomic E-state index is -2.02. The van der Waals surface area contributed by atoms with Gasteiger partial charge in [0.2, 0.25) is 0 Å². The van der Waals surface area contributed by atoms with Crippen LogP contribution in [0.3, 0.4) is 0 Å². The predicted molar refractivity (Wildman–Crippen MR) is 165 cm³/mol. The van der Waals surface area contributed by atoms with Crippen molar-refractivity contribution in [2.45, 2.75) is 0 Å². The third kappa shape index (κ3) is 5.77. The first-order valence-electron chi connectivity index (χ1n) is 13.1. The highest BCUT2D eigenvalue weighted by molar-refractivity contribution is 7.95. The molecule has 5 aromatic carbocycles. The van der Waals surface area contributed by atoms with Gasteiger partial charge in [0.1, 0.15) is 29.5 Å². The van der Waals surface area contributed by atoms with E-state index >= 15 is 0 Å². The van der Waals surface area contributed by atoms with Crippen LogP contribution in [0.1, 0.15) is 10.4 Å². The molecule has 0 saturated carbocycles. The molecule has 39 heavy (non-hydrogen) atoms. The summed E-state index contributed by atoms with van der Waals surface area (Å²) in [5, 5.41) is 18.9. The van der Waals surface area contributed by atoms with E-state index in [-0.39, 0.29) is 12.4 Å². The van der Waals surface area contributed by atoms with E-state index in [0.717, 1.165) is 28.9 Å². The maximum absolute atomic E-state index is 13.0. The van der Waals surface area contributed by atoms with Crippen molar-refractivity contribution in [1.29, 1.82) is 0 Å². The van der Waals surface area contributed by atoms with Crippen molar-refractivity contribution in [3.8, 4) is 0 Å². The Kier molecular flexibility index (Phi) is 8.15. The second-order valence-electron chi connectivity index (χ2n) is 9.58. The van der Waals surface area contributed by atoms with Crippen molar-refractivity contribution in [1.82, 2.24) is 0 Å². The number of anilines is 1. The van der Waals surface area contributed by atoms with Crippen LogP contribution in [0.2, 0.25) is 0 Å². The Morgan fingerprint density at radius 1 is 0.744 bits per heavy atom. The SMILES string of the molecule is CN(CC([O-])=NCC[P+](c1ccccc1)(c1ccccc1)c1ccccc1)c1ccc2cc(C=O)ccc2c1. The van der Waals surface area contributed by atoms with E-state index in [1.807, 2.05) is 60.5 Å². The Labute approximate surface area is 230 Å². The number of hydrogen-bond donors (Lipinski definition) is 0. The van der Waals surface area contributed by atoms with Crippen LogP contribution in [0.5, 0.6) is 0 Å². The van der Waals surface area contributed by atoms with Crippen molar-refractivity contribution < 1.29 is 9.90 Å². The highest BCUT2D eigenvalue weighted by atomic mass is 31.2. The highest BCUT2D eigenvalue weighted by Gasteiger charge is 2.44. The van der Waals surface area contributed by atoms with Gasteiger partial charge in [-0.05, 0) is 71.3 Å². The van der Waals surface area contributed by atoms with Crippen molar-refractivity contribution in [3.05, 3.63) is 133 Å². The molecule has 0 fully saturated rings. The molecule has 194 valence electrons. The molecule has 0 amide bonds. The fourth-order valence-electron chi connectivity index (χ4n) is 5.11. The lowest BCUT2D eigenvalue weighted by Crippen LogP contribution is -2.36. The molecule has 0 aliphatic carbocycles. The van der Waals surface area contributed by atoms with Crippen molar-refractivity contribution in [2.24, 2.45) is 4.99 Å². The average molecular weight is 531 g/mol. The summed E-state index contributed by atoms with van der Waals surface area (Å²) in [5.74, 6) is -0.138. The van der Waals surface area contributed by atoms with Gasteiger partial charge in [-0.3, -0.25) is 9.79 Å². The number of rotatable bonds is 10. The van der Waals surface area contributed by atoms with Gasteiger partial charge in [-0.15, -0.1) is 0 Å². The van der Waals surface area contributed by atoms with Crippen molar-refractivity contribution in [3.63, 3.8) is 0 Å². The van der Waals surface area contributed by atoms with Crippen LogP contribution < -0.4 is 25.9 Å². The molecule has 0 bridgehead atoms. The van der Waals surface area contributed by atoms with E-state index in [2.05, 4.69) is 77.8 Å². The van der Waals surface area contributed by atoms with Crippen molar-refractivity contribution >= 4 is 51.8 Å². The molecule has 0 radical (unpaired) electrons. The first kappa shape index (κ1) is 26.3. The number of aliphatic imine (C=N–C) groups is 1. The minimum absolute atomic E-state index is 0.138. The summed E-state index contributed by atoms with van der Waals surface area (Å²) >= 11 is 0. The van der Waals surface area contributed by atoms with E-state index < -0.39 is 7.26 Å². The maximum Gasteiger partial charge on any atom is 0.150 e. The Hall–Kier alpha value is -4.27. The highest BCUT2D eigenvalue weighted by Crippen LogP contribution is 2.54. The Balaban J connectivity index is 1.39. The van der Waals surface area contributed by atoms with Gasteiger partial charge < -0.3 is 10.0 Å². The lowest BCUT2D eigenvalue weighted by Gasteiger charge is -2.28. The summed E-state index contributed by atoms with van der Waals surface area (Å²) in [5.41, 5.74) is 1.59. The standard InChI is InChI=1S/C34H31N2O2P/c1-36(30-20-19-28-23-27(26-37)17-18-29(28)24-30)25-34(38)35-21-22-39(31-11-5-2-6-12-31,32-13-7-3-8-14-32)33-15-9-4-10-16-33/h2-20,23-24,26H,21-22,25H2,1H3. The van der Waals surface area contributed by atoms with Gasteiger partial charge in [-0.1, -0.05) is 72.8 Å². The molecule has 0 spiro atoms. The quantitative estimate of drug-likeness (QED) is 0.112. The number of nitrogens with zero attached hydrogens (tertiary/aromatic N) is 2. The Morgan fingerprint density at radius 3 is 1.79 bits per heavy atom. The number of fused-ring (bicyclic) bond motifs is 1.